The molecule has 3 rings (SSSR count). The third kappa shape index (κ3) is 3.24. The van der Waals surface area contributed by atoms with Crippen LogP contribution < -0.4 is 10.2 Å². The number of halogens is 1. The summed E-state index contributed by atoms with van der Waals surface area (Å²) in [6.45, 7) is 2.58. The van der Waals surface area contributed by atoms with Crippen molar-refractivity contribution in [2.75, 3.05) is 23.0 Å². The lowest BCUT2D eigenvalue weighted by atomic mass is 10.0. The van der Waals surface area contributed by atoms with Crippen molar-refractivity contribution in [3.05, 3.63) is 29.6 Å². The summed E-state index contributed by atoms with van der Waals surface area (Å²) in [5, 5.41) is 3.51. The van der Waals surface area contributed by atoms with Crippen LogP contribution in [0.5, 0.6) is 0 Å². The molecule has 0 aromatic heterocycles. The lowest BCUT2D eigenvalue weighted by Crippen LogP contribution is -2.53. The molecule has 2 saturated heterocycles. The highest BCUT2D eigenvalue weighted by Gasteiger charge is 2.32. The second-order valence-electron chi connectivity index (χ2n) is 5.84. The summed E-state index contributed by atoms with van der Waals surface area (Å²) in [7, 11) is 0. The van der Waals surface area contributed by atoms with Crippen molar-refractivity contribution >= 4 is 23.4 Å². The summed E-state index contributed by atoms with van der Waals surface area (Å²) in [4.78, 5) is 14.5. The van der Waals surface area contributed by atoms with Gasteiger partial charge in [-0.25, -0.2) is 4.39 Å². The fraction of sp³-hybridized carbons (Fsp3) is 0.562. The topological polar surface area (TPSA) is 32.3 Å². The van der Waals surface area contributed by atoms with Gasteiger partial charge in [0.05, 0.1) is 6.04 Å². The Morgan fingerprint density at radius 3 is 2.95 bits per heavy atom. The fourth-order valence-corrected chi connectivity index (χ4v) is 4.31. The van der Waals surface area contributed by atoms with E-state index >= 15 is 0 Å². The van der Waals surface area contributed by atoms with Gasteiger partial charge in [-0.1, -0.05) is 0 Å². The van der Waals surface area contributed by atoms with E-state index in [-0.39, 0.29) is 17.8 Å². The highest BCUT2D eigenvalue weighted by molar-refractivity contribution is 7.99. The third-order valence-electron chi connectivity index (χ3n) is 4.25. The summed E-state index contributed by atoms with van der Waals surface area (Å²) < 4.78 is 13.2. The number of benzene rings is 1. The lowest BCUT2D eigenvalue weighted by Gasteiger charge is -2.34. The van der Waals surface area contributed by atoms with Crippen LogP contribution in [0.3, 0.4) is 0 Å². The Morgan fingerprint density at radius 1 is 1.38 bits per heavy atom. The molecule has 0 aliphatic carbocycles. The first-order valence-electron chi connectivity index (χ1n) is 7.56. The van der Waals surface area contributed by atoms with Crippen LogP contribution in [-0.2, 0) is 4.79 Å². The maximum Gasteiger partial charge on any atom is 0.244 e. The number of nitrogens with zero attached hydrogens (tertiary/aromatic N) is 1. The number of amides is 1. The quantitative estimate of drug-likeness (QED) is 0.932. The molecule has 114 valence electrons. The van der Waals surface area contributed by atoms with Crippen molar-refractivity contribution in [3.8, 4) is 0 Å². The van der Waals surface area contributed by atoms with Crippen LogP contribution in [0.25, 0.3) is 0 Å². The van der Waals surface area contributed by atoms with Crippen LogP contribution in [0.4, 0.5) is 10.1 Å². The summed E-state index contributed by atoms with van der Waals surface area (Å²) in [5.74, 6) is 2.16. The molecule has 1 N–H and O–H groups in total. The molecule has 0 radical (unpaired) electrons. The zero-order chi connectivity index (χ0) is 14.8. The summed E-state index contributed by atoms with van der Waals surface area (Å²) >= 11 is 1.94. The van der Waals surface area contributed by atoms with Crippen LogP contribution in [0.2, 0.25) is 0 Å². The molecule has 0 saturated carbocycles. The molecular formula is C16H21FN2OS. The first-order chi connectivity index (χ1) is 10.1. The molecule has 3 nitrogen and oxygen atoms in total. The molecule has 1 amide bonds. The number of hydrogen-bond acceptors (Lipinski definition) is 3. The predicted octanol–water partition coefficient (Wildman–Crippen LogP) is 2.72. The van der Waals surface area contributed by atoms with Crippen molar-refractivity contribution in [1.82, 2.24) is 5.32 Å². The van der Waals surface area contributed by atoms with Gasteiger partial charge in [0.1, 0.15) is 5.82 Å². The molecule has 2 aliphatic rings. The van der Waals surface area contributed by atoms with Gasteiger partial charge >= 0.3 is 0 Å². The van der Waals surface area contributed by atoms with Crippen LogP contribution in [-0.4, -0.2) is 36.0 Å². The van der Waals surface area contributed by atoms with Gasteiger partial charge in [0.25, 0.3) is 0 Å². The third-order valence-corrected chi connectivity index (χ3v) is 5.42. The van der Waals surface area contributed by atoms with Crippen molar-refractivity contribution < 1.29 is 9.18 Å². The molecule has 5 heteroatoms. The van der Waals surface area contributed by atoms with Crippen molar-refractivity contribution in [1.29, 1.82) is 0 Å². The first-order valence-corrected chi connectivity index (χ1v) is 8.72. The molecule has 1 aromatic carbocycles. The second kappa shape index (κ2) is 6.36. The van der Waals surface area contributed by atoms with E-state index in [1.54, 1.807) is 6.07 Å². The monoisotopic (exact) mass is 308 g/mol. The molecule has 0 unspecified atom stereocenters. The molecule has 2 fully saturated rings. The number of thioether (sulfide) groups is 1. The average Bonchev–Trinajstić information content (AvgIpc) is 2.95. The number of rotatable bonds is 3. The van der Waals surface area contributed by atoms with Gasteiger partial charge in [0.2, 0.25) is 5.91 Å². The van der Waals surface area contributed by atoms with Crippen LogP contribution >= 0.6 is 11.8 Å². The number of nitrogens with one attached hydrogen (secondary N) is 1. The van der Waals surface area contributed by atoms with E-state index in [4.69, 9.17) is 0 Å². The van der Waals surface area contributed by atoms with E-state index in [1.165, 1.54) is 17.9 Å². The predicted molar refractivity (Wildman–Crippen MR) is 85.4 cm³/mol. The van der Waals surface area contributed by atoms with Gasteiger partial charge in [0, 0.05) is 24.0 Å². The maximum absolute atomic E-state index is 13.2. The number of carbonyl (C=O) groups is 1. The van der Waals surface area contributed by atoms with Gasteiger partial charge < -0.3 is 10.2 Å². The van der Waals surface area contributed by atoms with E-state index in [1.807, 2.05) is 23.6 Å². The van der Waals surface area contributed by atoms with E-state index in [0.717, 1.165) is 42.8 Å². The first kappa shape index (κ1) is 14.9. The SMILES string of the molecule is Cc1cc(F)ccc1N1CCC[C@@H](N[C@H]2CCSC2)C1=O. The van der Waals surface area contributed by atoms with Crippen LogP contribution in [0, 0.1) is 12.7 Å². The minimum Gasteiger partial charge on any atom is -0.311 e. The average molecular weight is 308 g/mol. The van der Waals surface area contributed by atoms with Crippen LogP contribution in [0.1, 0.15) is 24.8 Å². The minimum absolute atomic E-state index is 0.0908. The van der Waals surface area contributed by atoms with E-state index in [9.17, 15) is 9.18 Å². The zero-order valence-corrected chi connectivity index (χ0v) is 13.1. The Balaban J connectivity index is 1.74. The minimum atomic E-state index is -0.252. The standard InChI is InChI=1S/C16H21FN2OS/c1-11-9-12(17)4-5-15(11)19-7-2-3-14(16(19)20)18-13-6-8-21-10-13/h4-5,9,13-14,18H,2-3,6-8,10H2,1H3/t13-,14+/m0/s1. The van der Waals surface area contributed by atoms with Gasteiger partial charge in [-0.3, -0.25) is 4.79 Å². The fourth-order valence-electron chi connectivity index (χ4n) is 3.14. The maximum atomic E-state index is 13.2. The smallest absolute Gasteiger partial charge is 0.244 e. The van der Waals surface area contributed by atoms with Crippen LogP contribution in [0.15, 0.2) is 18.2 Å². The van der Waals surface area contributed by atoms with Gasteiger partial charge in [0.15, 0.2) is 0 Å². The van der Waals surface area contributed by atoms with Crippen molar-refractivity contribution in [3.63, 3.8) is 0 Å². The molecule has 0 bridgehead atoms. The zero-order valence-electron chi connectivity index (χ0n) is 12.3. The molecule has 0 spiro atoms. The second-order valence-corrected chi connectivity index (χ2v) is 6.99. The molecule has 2 atom stereocenters. The van der Waals surface area contributed by atoms with Gasteiger partial charge in [-0.15, -0.1) is 0 Å². The number of anilines is 1. The van der Waals surface area contributed by atoms with Crippen molar-refractivity contribution in [2.24, 2.45) is 0 Å². The van der Waals surface area contributed by atoms with Crippen molar-refractivity contribution in [2.45, 2.75) is 38.3 Å². The molecule has 21 heavy (non-hydrogen) atoms. The lowest BCUT2D eigenvalue weighted by molar-refractivity contribution is -0.122. The number of piperidine rings is 1. The van der Waals surface area contributed by atoms with E-state index in [2.05, 4.69) is 5.32 Å². The Hall–Kier alpha value is -1.07. The van der Waals surface area contributed by atoms with Gasteiger partial charge in [-0.2, -0.15) is 11.8 Å². The Morgan fingerprint density at radius 2 is 2.24 bits per heavy atom. The Kier molecular flexibility index (Phi) is 4.50. The van der Waals surface area contributed by atoms with E-state index in [0.29, 0.717) is 6.04 Å². The molecular weight excluding hydrogens is 287 g/mol. The summed E-state index contributed by atoms with van der Waals surface area (Å²) in [6, 6.07) is 5.01. The Bertz CT molecular complexity index is 531. The molecule has 2 aliphatic heterocycles. The normalized spacial score (nSPS) is 26.4. The number of aryl methyl sites for hydroxylation is 1. The summed E-state index contributed by atoms with van der Waals surface area (Å²) in [5.41, 5.74) is 1.66. The van der Waals surface area contributed by atoms with Gasteiger partial charge in [-0.05, 0) is 55.7 Å². The molecule has 1 aromatic rings. The highest BCUT2D eigenvalue weighted by atomic mass is 32.2. The number of hydrogen-bond donors (Lipinski definition) is 1. The number of carbonyl (C=O) groups excluding carboxylic acids is 1. The largest absolute Gasteiger partial charge is 0.311 e. The van der Waals surface area contributed by atoms with E-state index < -0.39 is 0 Å². The highest BCUT2D eigenvalue weighted by Crippen LogP contribution is 2.26. The molecule has 2 heterocycles. The summed E-state index contributed by atoms with van der Waals surface area (Å²) in [6.07, 6.45) is 3.03. The Labute approximate surface area is 129 Å².